The van der Waals surface area contributed by atoms with Crippen molar-refractivity contribution in [2.75, 3.05) is 7.11 Å². The van der Waals surface area contributed by atoms with Gasteiger partial charge >= 0.3 is 0 Å². The summed E-state index contributed by atoms with van der Waals surface area (Å²) >= 11 is 0. The lowest BCUT2D eigenvalue weighted by molar-refractivity contribution is 0.415. The lowest BCUT2D eigenvalue weighted by Gasteiger charge is -2.01. The Bertz CT molecular complexity index is 431. The van der Waals surface area contributed by atoms with Gasteiger partial charge in [-0.15, -0.1) is 0 Å². The van der Waals surface area contributed by atoms with Crippen molar-refractivity contribution in [1.82, 2.24) is 4.98 Å². The number of aromatic amines is 1. The van der Waals surface area contributed by atoms with E-state index in [1.54, 1.807) is 7.11 Å². The van der Waals surface area contributed by atoms with Crippen LogP contribution >= 0.6 is 0 Å². The summed E-state index contributed by atoms with van der Waals surface area (Å²) in [4.78, 5) is 3.25. The van der Waals surface area contributed by atoms with Gasteiger partial charge < -0.3 is 15.5 Å². The summed E-state index contributed by atoms with van der Waals surface area (Å²) in [6.07, 6.45) is 0. The number of aromatic nitrogens is 1. The first-order chi connectivity index (χ1) is 7.33. The highest BCUT2D eigenvalue weighted by atomic mass is 16.5. The molecule has 3 nitrogen and oxygen atoms in total. The smallest absolute Gasteiger partial charge is 0.118 e. The quantitative estimate of drug-likeness (QED) is 0.801. The fourth-order valence-electron chi connectivity index (χ4n) is 1.50. The number of rotatable bonds is 3. The third kappa shape index (κ3) is 2.02. The third-order valence-corrected chi connectivity index (χ3v) is 2.37. The predicted molar refractivity (Wildman–Crippen MR) is 60.7 cm³/mol. The van der Waals surface area contributed by atoms with Crippen LogP contribution in [0.5, 0.6) is 5.75 Å². The van der Waals surface area contributed by atoms with Crippen molar-refractivity contribution in [2.45, 2.75) is 6.54 Å². The van der Waals surface area contributed by atoms with E-state index >= 15 is 0 Å². The number of nitrogens with one attached hydrogen (secondary N) is 1. The molecule has 0 aliphatic carbocycles. The van der Waals surface area contributed by atoms with E-state index in [1.165, 1.54) is 0 Å². The van der Waals surface area contributed by atoms with E-state index in [1.807, 2.05) is 36.4 Å². The molecule has 0 spiro atoms. The molecule has 0 saturated carbocycles. The molecule has 78 valence electrons. The predicted octanol–water partition coefficient (Wildman–Crippen LogP) is 2.15. The van der Waals surface area contributed by atoms with Gasteiger partial charge in [0.25, 0.3) is 0 Å². The molecule has 0 unspecified atom stereocenters. The van der Waals surface area contributed by atoms with Crippen molar-refractivity contribution in [3.8, 4) is 17.0 Å². The Balaban J connectivity index is 2.28. The van der Waals surface area contributed by atoms with Crippen LogP contribution in [0.4, 0.5) is 0 Å². The van der Waals surface area contributed by atoms with Crippen LogP contribution in [0.3, 0.4) is 0 Å². The average Bonchev–Trinajstić information content (AvgIpc) is 2.78. The highest BCUT2D eigenvalue weighted by molar-refractivity contribution is 5.60. The second-order valence-electron chi connectivity index (χ2n) is 3.33. The molecule has 2 rings (SSSR count). The molecule has 0 radical (unpaired) electrons. The van der Waals surface area contributed by atoms with E-state index < -0.39 is 0 Å². The molecule has 15 heavy (non-hydrogen) atoms. The second kappa shape index (κ2) is 4.19. The van der Waals surface area contributed by atoms with Crippen molar-refractivity contribution in [3.63, 3.8) is 0 Å². The SMILES string of the molecule is COc1ccc(-c2ccc(CN)[nH]2)cc1. The number of H-pyrrole nitrogens is 1. The van der Waals surface area contributed by atoms with Crippen molar-refractivity contribution in [3.05, 3.63) is 42.1 Å². The fourth-order valence-corrected chi connectivity index (χ4v) is 1.50. The Morgan fingerprint density at radius 3 is 2.40 bits per heavy atom. The van der Waals surface area contributed by atoms with E-state index in [4.69, 9.17) is 10.5 Å². The van der Waals surface area contributed by atoms with Crippen LogP contribution in [0.15, 0.2) is 36.4 Å². The Morgan fingerprint density at radius 2 is 1.87 bits per heavy atom. The Labute approximate surface area is 88.9 Å². The van der Waals surface area contributed by atoms with Gasteiger partial charge in [-0.2, -0.15) is 0 Å². The molecule has 0 atom stereocenters. The second-order valence-corrected chi connectivity index (χ2v) is 3.33. The zero-order valence-corrected chi connectivity index (χ0v) is 8.66. The van der Waals surface area contributed by atoms with Gasteiger partial charge in [-0.3, -0.25) is 0 Å². The zero-order valence-electron chi connectivity index (χ0n) is 8.66. The molecule has 2 aromatic rings. The summed E-state index contributed by atoms with van der Waals surface area (Å²) in [5, 5.41) is 0. The maximum Gasteiger partial charge on any atom is 0.118 e. The minimum atomic E-state index is 0.538. The van der Waals surface area contributed by atoms with Gasteiger partial charge in [0.15, 0.2) is 0 Å². The van der Waals surface area contributed by atoms with Gasteiger partial charge in [-0.25, -0.2) is 0 Å². The molecule has 1 aromatic carbocycles. The van der Waals surface area contributed by atoms with Gasteiger partial charge in [0.1, 0.15) is 5.75 Å². The van der Waals surface area contributed by atoms with E-state index in [-0.39, 0.29) is 0 Å². The number of hydrogen-bond acceptors (Lipinski definition) is 2. The van der Waals surface area contributed by atoms with Crippen LogP contribution in [0.2, 0.25) is 0 Å². The molecule has 1 aromatic heterocycles. The number of hydrogen-bond donors (Lipinski definition) is 2. The van der Waals surface area contributed by atoms with Crippen molar-refractivity contribution < 1.29 is 4.74 Å². The zero-order chi connectivity index (χ0) is 10.7. The molecule has 3 N–H and O–H groups in total. The maximum atomic E-state index is 5.54. The monoisotopic (exact) mass is 202 g/mol. The van der Waals surface area contributed by atoms with Crippen molar-refractivity contribution >= 4 is 0 Å². The molecular formula is C12H14N2O. The van der Waals surface area contributed by atoms with Crippen molar-refractivity contribution in [1.29, 1.82) is 0 Å². The van der Waals surface area contributed by atoms with Crippen LogP contribution in [0.25, 0.3) is 11.3 Å². The number of methoxy groups -OCH3 is 1. The minimum Gasteiger partial charge on any atom is -0.497 e. The van der Waals surface area contributed by atoms with Gasteiger partial charge in [-0.1, -0.05) is 0 Å². The van der Waals surface area contributed by atoms with Crippen LogP contribution in [0.1, 0.15) is 5.69 Å². The summed E-state index contributed by atoms with van der Waals surface area (Å²) in [6, 6.07) is 12.0. The summed E-state index contributed by atoms with van der Waals surface area (Å²) < 4.78 is 5.10. The molecule has 0 aliphatic rings. The lowest BCUT2D eigenvalue weighted by Crippen LogP contribution is -1.95. The highest BCUT2D eigenvalue weighted by Crippen LogP contribution is 2.21. The van der Waals surface area contributed by atoms with Crippen molar-refractivity contribution in [2.24, 2.45) is 5.73 Å². The molecule has 3 heteroatoms. The van der Waals surface area contributed by atoms with Gasteiger partial charge in [-0.05, 0) is 42.0 Å². The highest BCUT2D eigenvalue weighted by Gasteiger charge is 2.00. The average molecular weight is 202 g/mol. The van der Waals surface area contributed by atoms with Gasteiger partial charge in [0.2, 0.25) is 0 Å². The van der Waals surface area contributed by atoms with Gasteiger partial charge in [0, 0.05) is 17.9 Å². The number of ether oxygens (including phenoxy) is 1. The molecule has 0 bridgehead atoms. The van der Waals surface area contributed by atoms with Crippen LogP contribution < -0.4 is 10.5 Å². The molecule has 0 amide bonds. The molecule has 0 saturated heterocycles. The summed E-state index contributed by atoms with van der Waals surface area (Å²) in [6.45, 7) is 0.538. The van der Waals surface area contributed by atoms with Crippen LogP contribution in [-0.4, -0.2) is 12.1 Å². The van der Waals surface area contributed by atoms with E-state index in [9.17, 15) is 0 Å². The topological polar surface area (TPSA) is 51.0 Å². The van der Waals surface area contributed by atoms with E-state index in [2.05, 4.69) is 4.98 Å². The number of benzene rings is 1. The first-order valence-corrected chi connectivity index (χ1v) is 4.86. The molecule has 0 aliphatic heterocycles. The summed E-state index contributed by atoms with van der Waals surface area (Å²) in [5.41, 5.74) is 8.79. The van der Waals surface area contributed by atoms with E-state index in [0.717, 1.165) is 22.7 Å². The summed E-state index contributed by atoms with van der Waals surface area (Å²) in [5.74, 6) is 0.865. The standard InChI is InChI=1S/C12H14N2O/c1-15-11-5-2-9(3-6-11)12-7-4-10(8-13)14-12/h2-7,14H,8,13H2,1H3. The number of nitrogens with two attached hydrogens (primary N) is 1. The van der Waals surface area contributed by atoms with Crippen LogP contribution in [0, 0.1) is 0 Å². The first-order valence-electron chi connectivity index (χ1n) is 4.86. The maximum absolute atomic E-state index is 5.54. The minimum absolute atomic E-state index is 0.538. The third-order valence-electron chi connectivity index (χ3n) is 2.37. The molecule has 1 heterocycles. The lowest BCUT2D eigenvalue weighted by atomic mass is 10.1. The summed E-state index contributed by atoms with van der Waals surface area (Å²) in [7, 11) is 1.66. The van der Waals surface area contributed by atoms with E-state index in [0.29, 0.717) is 6.54 Å². The molecular weight excluding hydrogens is 188 g/mol. The Hall–Kier alpha value is -1.74. The first kappa shape index (κ1) is 9.80. The van der Waals surface area contributed by atoms with Gasteiger partial charge in [0.05, 0.1) is 7.11 Å². The fraction of sp³-hybridized carbons (Fsp3) is 0.167. The van der Waals surface area contributed by atoms with Crippen LogP contribution in [-0.2, 0) is 6.54 Å². The Morgan fingerprint density at radius 1 is 1.13 bits per heavy atom. The molecule has 0 fully saturated rings. The largest absolute Gasteiger partial charge is 0.497 e. The normalized spacial score (nSPS) is 10.3. The Kier molecular flexibility index (Phi) is 2.74.